The zero-order valence-corrected chi connectivity index (χ0v) is 38.3. The van der Waals surface area contributed by atoms with Crippen LogP contribution in [0.1, 0.15) is 76.8 Å². The lowest BCUT2D eigenvalue weighted by atomic mass is 9.84. The van der Waals surface area contributed by atoms with Gasteiger partial charge in [0.25, 0.3) is 5.91 Å². The molecule has 4 amide bonds. The number of nitrogens with one attached hydrogen (secondary N) is 2. The molecule has 1 aromatic carbocycles. The van der Waals surface area contributed by atoms with Crippen molar-refractivity contribution in [2.24, 2.45) is 11.3 Å². The summed E-state index contributed by atoms with van der Waals surface area (Å²) in [5.41, 5.74) is 8.90. The van der Waals surface area contributed by atoms with Gasteiger partial charge in [-0.2, -0.15) is 0 Å². The van der Waals surface area contributed by atoms with Crippen LogP contribution >= 0.6 is 11.3 Å². The Hall–Kier alpha value is -5.11. The number of methoxy groups -OCH3 is 1. The van der Waals surface area contributed by atoms with E-state index in [1.165, 1.54) is 33.2 Å². The molecule has 2 saturated heterocycles. The number of hydrogen-bond acceptors (Lipinski definition) is 11. The van der Waals surface area contributed by atoms with Gasteiger partial charge in [-0.1, -0.05) is 33.8 Å². The van der Waals surface area contributed by atoms with Crippen molar-refractivity contribution in [1.82, 2.24) is 40.1 Å². The van der Waals surface area contributed by atoms with Crippen LogP contribution in [0.4, 0.5) is 18.0 Å². The number of aromatic nitrogens is 3. The Bertz CT molecular complexity index is 2380. The molecule has 3 aromatic heterocycles. The lowest BCUT2D eigenvalue weighted by Crippen LogP contribution is -2.64. The molecule has 15 nitrogen and oxygen atoms in total. The molecule has 3 aliphatic heterocycles. The first-order valence-corrected chi connectivity index (χ1v) is 22.6. The molecule has 2 fully saturated rings. The predicted octanol–water partition coefficient (Wildman–Crippen LogP) is 6.50. The van der Waals surface area contributed by atoms with Crippen LogP contribution in [0.5, 0.6) is 0 Å². The molecule has 3 aliphatic rings. The van der Waals surface area contributed by atoms with E-state index >= 15 is 0 Å². The van der Waals surface area contributed by atoms with E-state index in [9.17, 15) is 32.3 Å². The zero-order valence-electron chi connectivity index (χ0n) is 37.5. The van der Waals surface area contributed by atoms with Crippen molar-refractivity contribution in [3.63, 3.8) is 0 Å². The number of likely N-dealkylation sites (tertiary alicyclic amines) is 1. The molecule has 6 heterocycles. The summed E-state index contributed by atoms with van der Waals surface area (Å²) >= 11 is 1.34. The van der Waals surface area contributed by atoms with Crippen molar-refractivity contribution in [2.45, 2.75) is 110 Å². The number of amides is 4. The first-order valence-electron chi connectivity index (χ1n) is 21.7. The molecule has 19 heteroatoms. The van der Waals surface area contributed by atoms with Gasteiger partial charge < -0.3 is 29.2 Å². The van der Waals surface area contributed by atoms with Gasteiger partial charge in [-0.15, -0.1) is 24.5 Å². The predicted molar refractivity (Wildman–Crippen MR) is 234 cm³/mol. The molecule has 4 aromatic rings. The Morgan fingerprint density at radius 2 is 1.91 bits per heavy atom. The van der Waals surface area contributed by atoms with Crippen LogP contribution in [0.25, 0.3) is 33.4 Å². The molecule has 64 heavy (non-hydrogen) atoms. The van der Waals surface area contributed by atoms with Crippen LogP contribution < -0.4 is 10.7 Å². The van der Waals surface area contributed by atoms with Crippen molar-refractivity contribution >= 4 is 46.1 Å². The van der Waals surface area contributed by atoms with Gasteiger partial charge in [-0.05, 0) is 68.9 Å². The minimum absolute atomic E-state index is 0.00684. The Morgan fingerprint density at radius 1 is 1.16 bits per heavy atom. The number of cyclic esters (lactones) is 1. The smallest absolute Gasteiger partial charge is 0.464 e. The van der Waals surface area contributed by atoms with E-state index in [4.69, 9.17) is 19.4 Å². The number of carbonyl (C=O) groups is 4. The number of nitrogens with zero attached hydrogens (tertiary/aromatic N) is 6. The van der Waals surface area contributed by atoms with Gasteiger partial charge in [-0.25, -0.2) is 15.2 Å². The average molecular weight is 911 g/mol. The number of hydrazine groups is 1. The van der Waals surface area contributed by atoms with E-state index in [2.05, 4.69) is 59.0 Å². The highest BCUT2D eigenvalue weighted by molar-refractivity contribution is 7.10. The summed E-state index contributed by atoms with van der Waals surface area (Å²) in [5.74, 6) is -2.10. The summed E-state index contributed by atoms with van der Waals surface area (Å²) in [4.78, 5) is 68.1. The first kappa shape index (κ1) is 46.9. The number of pyridine rings is 1. The number of carbonyl (C=O) groups excluding carboxylic acids is 4. The van der Waals surface area contributed by atoms with Crippen LogP contribution in [-0.2, 0) is 48.0 Å². The highest BCUT2D eigenvalue weighted by Gasteiger charge is 2.44. The number of esters is 1. The topological polar surface area (TPSA) is 160 Å². The number of hydrogen-bond donors (Lipinski definition) is 2. The highest BCUT2D eigenvalue weighted by atomic mass is 32.1. The van der Waals surface area contributed by atoms with Gasteiger partial charge in [-0.3, -0.25) is 29.1 Å². The van der Waals surface area contributed by atoms with E-state index < -0.39 is 65.7 Å². The SMILES string of the molecule is CCn1c(-c2cccnc2[C@H](C)OC)c2c3cc(ccc31)-c1csc(n1)C[C@H](NC(=O)[C@H](C(C)C)N(C)C(=O)N1CC(OC(F)(F)F)C1)C(=O)N1CCC[C@H](N1)C(=O)OCC(C)(C)C2. The molecule has 6 bridgehead atoms. The quantitative estimate of drug-likeness (QED) is 0.178. The number of benzene rings is 1. The molecule has 0 spiro atoms. The Morgan fingerprint density at radius 3 is 2.59 bits per heavy atom. The van der Waals surface area contributed by atoms with E-state index in [0.717, 1.165) is 39.0 Å². The van der Waals surface area contributed by atoms with Gasteiger partial charge in [0, 0.05) is 72.7 Å². The third-order valence-electron chi connectivity index (χ3n) is 12.2. The molecule has 7 rings (SSSR count). The molecule has 4 atom stereocenters. The maximum Gasteiger partial charge on any atom is 0.522 e. The number of aryl methyl sites for hydroxylation is 1. The van der Waals surface area contributed by atoms with Gasteiger partial charge in [0.2, 0.25) is 5.91 Å². The summed E-state index contributed by atoms with van der Waals surface area (Å²) < 4.78 is 56.5. The molecule has 0 aliphatic carbocycles. The number of urea groups is 1. The van der Waals surface area contributed by atoms with Crippen molar-refractivity contribution in [1.29, 1.82) is 0 Å². The Labute approximate surface area is 374 Å². The van der Waals surface area contributed by atoms with Crippen LogP contribution in [0, 0.1) is 11.3 Å². The van der Waals surface area contributed by atoms with E-state index in [1.807, 2.05) is 24.4 Å². The first-order chi connectivity index (χ1) is 30.3. The summed E-state index contributed by atoms with van der Waals surface area (Å²) in [5, 5.41) is 7.72. The van der Waals surface area contributed by atoms with Crippen molar-refractivity contribution in [3.8, 4) is 22.5 Å². The minimum Gasteiger partial charge on any atom is -0.464 e. The monoisotopic (exact) mass is 910 g/mol. The van der Waals surface area contributed by atoms with Crippen molar-refractivity contribution in [2.75, 3.05) is 40.4 Å². The van der Waals surface area contributed by atoms with E-state index in [1.54, 1.807) is 27.2 Å². The standard InChI is InChI=1S/C45H57F3N8O7S/c1-9-55-35-15-14-27-18-30(35)31(39(55)29-12-10-16-49-37(29)26(4)61-8)20-44(5,6)24-62-42(59)32-13-11-17-56(52-32)41(58)33(19-36-50-34(27)23-64-36)51-40(57)38(25(2)3)53(7)43(60)54-21-28(22-54)63-45(46,47)48/h10,12,14-16,18,23,25-26,28,32-33,38,52H,9,11,13,17,19-22,24H2,1-8H3,(H,51,57)/t26-,32-,33-,38-/m0/s1. The molecule has 0 saturated carbocycles. The van der Waals surface area contributed by atoms with E-state index in [0.29, 0.717) is 36.5 Å². The van der Waals surface area contributed by atoms with Crippen LogP contribution in [0.15, 0.2) is 41.9 Å². The van der Waals surface area contributed by atoms with Crippen LogP contribution in [0.3, 0.4) is 0 Å². The maximum atomic E-state index is 14.5. The van der Waals surface area contributed by atoms with Gasteiger partial charge in [0.1, 0.15) is 24.2 Å². The highest BCUT2D eigenvalue weighted by Crippen LogP contribution is 2.42. The lowest BCUT2D eigenvalue weighted by molar-refractivity contribution is -0.352. The largest absolute Gasteiger partial charge is 0.522 e. The fourth-order valence-corrected chi connectivity index (χ4v) is 9.80. The molecule has 0 unspecified atom stereocenters. The fraction of sp³-hybridized carbons (Fsp3) is 0.556. The summed E-state index contributed by atoms with van der Waals surface area (Å²) in [7, 11) is 3.07. The van der Waals surface area contributed by atoms with Gasteiger partial charge in [0.15, 0.2) is 0 Å². The van der Waals surface area contributed by atoms with Crippen molar-refractivity contribution in [3.05, 3.63) is 58.2 Å². The summed E-state index contributed by atoms with van der Waals surface area (Å²) in [6.07, 6.45) is -3.11. The molecule has 2 N–H and O–H groups in total. The van der Waals surface area contributed by atoms with Gasteiger partial charge >= 0.3 is 18.4 Å². The number of thiazole rings is 1. The lowest BCUT2D eigenvalue weighted by Gasteiger charge is -2.43. The third-order valence-corrected chi connectivity index (χ3v) is 13.1. The normalized spacial score (nSPS) is 20.7. The van der Waals surface area contributed by atoms with E-state index in [-0.39, 0.29) is 38.8 Å². The second-order valence-corrected chi connectivity index (χ2v) is 18.9. The van der Waals surface area contributed by atoms with Crippen LogP contribution in [0.2, 0.25) is 0 Å². The summed E-state index contributed by atoms with van der Waals surface area (Å²) in [6.45, 7) is 12.1. The molecule has 346 valence electrons. The number of rotatable bonds is 9. The second-order valence-electron chi connectivity index (χ2n) is 17.9. The zero-order chi connectivity index (χ0) is 46.2. The number of ether oxygens (including phenoxy) is 3. The Kier molecular flexibility index (Phi) is 13.8. The molecular formula is C45H57F3N8O7S. The van der Waals surface area contributed by atoms with Gasteiger partial charge in [0.05, 0.1) is 47.9 Å². The Balaban J connectivity index is 1.25. The number of likely N-dealkylation sites (N-methyl/N-ethyl adjacent to an activating group) is 1. The average Bonchev–Trinajstić information content (AvgIpc) is 3.83. The minimum atomic E-state index is -4.84. The summed E-state index contributed by atoms with van der Waals surface area (Å²) in [6, 6.07) is 6.46. The van der Waals surface area contributed by atoms with Crippen LogP contribution in [-0.4, -0.2) is 124 Å². The third kappa shape index (κ3) is 9.91. The maximum absolute atomic E-state index is 14.5. The molecular weight excluding hydrogens is 854 g/mol. The molecule has 0 radical (unpaired) electrons. The fourth-order valence-electron chi connectivity index (χ4n) is 8.95. The second kappa shape index (κ2) is 18.8. The van der Waals surface area contributed by atoms with Crippen molar-refractivity contribution < 1.29 is 46.6 Å². The number of fused-ring (bicyclic) bond motifs is 6. The number of alkyl halides is 3. The number of halogens is 3.